The van der Waals surface area contributed by atoms with E-state index in [0.29, 0.717) is 12.5 Å². The summed E-state index contributed by atoms with van der Waals surface area (Å²) in [5.41, 5.74) is 1.09. The molecule has 0 bridgehead atoms. The second kappa shape index (κ2) is 5.76. The Morgan fingerprint density at radius 2 is 2.19 bits per heavy atom. The lowest BCUT2D eigenvalue weighted by Crippen LogP contribution is -2.20. The number of hydrogen-bond donors (Lipinski definition) is 1. The van der Waals surface area contributed by atoms with Crippen molar-refractivity contribution in [3.8, 4) is 0 Å². The molecule has 0 unspecified atom stereocenters. The van der Waals surface area contributed by atoms with Crippen LogP contribution in [0.5, 0.6) is 0 Å². The first-order valence-electron chi connectivity index (χ1n) is 7.55. The van der Waals surface area contributed by atoms with Gasteiger partial charge in [0.15, 0.2) is 0 Å². The highest BCUT2D eigenvalue weighted by atomic mass is 16.3. The number of nitrogens with one attached hydrogen (secondary N) is 1. The molecule has 112 valence electrons. The van der Waals surface area contributed by atoms with Gasteiger partial charge in [-0.2, -0.15) is 0 Å². The summed E-state index contributed by atoms with van der Waals surface area (Å²) in [6, 6.07) is 3.90. The Hall–Kier alpha value is -2.04. The molecule has 2 heterocycles. The zero-order valence-electron chi connectivity index (χ0n) is 12.9. The van der Waals surface area contributed by atoms with Crippen LogP contribution in [0.1, 0.15) is 42.8 Å². The van der Waals surface area contributed by atoms with Crippen LogP contribution in [0.15, 0.2) is 22.8 Å². The molecule has 5 heteroatoms. The summed E-state index contributed by atoms with van der Waals surface area (Å²) < 4.78 is 5.43. The third-order valence-electron chi connectivity index (χ3n) is 3.76. The van der Waals surface area contributed by atoms with Gasteiger partial charge in [-0.25, -0.2) is 9.97 Å². The van der Waals surface area contributed by atoms with E-state index < -0.39 is 0 Å². The highest BCUT2D eigenvalue weighted by Crippen LogP contribution is 2.40. The summed E-state index contributed by atoms with van der Waals surface area (Å²) in [5.74, 6) is 4.39. The smallest absolute Gasteiger partial charge is 0.137 e. The average Bonchev–Trinajstić information content (AvgIpc) is 3.20. The summed E-state index contributed by atoms with van der Waals surface area (Å²) >= 11 is 0. The Morgan fingerprint density at radius 1 is 1.38 bits per heavy atom. The van der Waals surface area contributed by atoms with Crippen LogP contribution in [0.25, 0.3) is 0 Å². The van der Waals surface area contributed by atoms with Crippen LogP contribution in [0.2, 0.25) is 0 Å². The molecule has 0 amide bonds. The summed E-state index contributed by atoms with van der Waals surface area (Å²) in [4.78, 5) is 11.6. The minimum atomic E-state index is 0.541. The monoisotopic (exact) mass is 286 g/mol. The quantitative estimate of drug-likeness (QED) is 0.882. The van der Waals surface area contributed by atoms with Gasteiger partial charge in [0.05, 0.1) is 12.8 Å². The summed E-state index contributed by atoms with van der Waals surface area (Å²) in [6.07, 6.45) is 4.11. The van der Waals surface area contributed by atoms with E-state index in [1.54, 1.807) is 6.26 Å². The minimum absolute atomic E-state index is 0.541. The van der Waals surface area contributed by atoms with E-state index in [0.717, 1.165) is 35.3 Å². The van der Waals surface area contributed by atoms with Gasteiger partial charge in [0.25, 0.3) is 0 Å². The summed E-state index contributed by atoms with van der Waals surface area (Å²) in [5, 5.41) is 3.35. The maximum atomic E-state index is 5.43. The second-order valence-electron chi connectivity index (χ2n) is 5.62. The Balaban J connectivity index is 1.91. The van der Waals surface area contributed by atoms with E-state index in [4.69, 9.17) is 14.4 Å². The van der Waals surface area contributed by atoms with Gasteiger partial charge in [-0.15, -0.1) is 0 Å². The molecular formula is C16H22N4O. The van der Waals surface area contributed by atoms with Crippen LogP contribution in [0, 0.1) is 6.92 Å². The Bertz CT molecular complexity index is 605. The van der Waals surface area contributed by atoms with Crippen LogP contribution in [-0.2, 0) is 6.54 Å². The van der Waals surface area contributed by atoms with E-state index in [1.807, 2.05) is 19.2 Å². The standard InChI is InChI=1S/C16H22N4O/c1-4-17-14-11(2)16(19-15(18-14)12-7-8-12)20(3)10-13-6-5-9-21-13/h5-6,9,12H,4,7-8,10H2,1-3H3,(H,17,18,19). The first-order chi connectivity index (χ1) is 10.2. The molecule has 2 aromatic rings. The maximum Gasteiger partial charge on any atom is 0.137 e. The fraction of sp³-hybridized carbons (Fsp3) is 0.500. The van der Waals surface area contributed by atoms with Gasteiger partial charge in [-0.05, 0) is 38.8 Å². The normalized spacial score (nSPS) is 14.2. The molecule has 1 fully saturated rings. The lowest BCUT2D eigenvalue weighted by Gasteiger charge is -2.21. The number of anilines is 2. The van der Waals surface area contributed by atoms with E-state index in [-0.39, 0.29) is 0 Å². The SMILES string of the molecule is CCNc1nc(C2CC2)nc(N(C)Cc2ccco2)c1C. The topological polar surface area (TPSA) is 54.2 Å². The zero-order chi connectivity index (χ0) is 14.8. The van der Waals surface area contributed by atoms with Gasteiger partial charge >= 0.3 is 0 Å². The molecule has 0 aliphatic heterocycles. The van der Waals surface area contributed by atoms with Crippen molar-refractivity contribution in [2.45, 2.75) is 39.2 Å². The highest BCUT2D eigenvalue weighted by molar-refractivity contribution is 5.58. The van der Waals surface area contributed by atoms with Crippen LogP contribution in [0.4, 0.5) is 11.6 Å². The van der Waals surface area contributed by atoms with Crippen molar-refractivity contribution < 1.29 is 4.42 Å². The Kier molecular flexibility index (Phi) is 3.82. The molecule has 1 saturated carbocycles. The Morgan fingerprint density at radius 3 is 2.81 bits per heavy atom. The molecule has 5 nitrogen and oxygen atoms in total. The predicted octanol–water partition coefficient (Wildman–Crippen LogP) is 3.32. The fourth-order valence-corrected chi connectivity index (χ4v) is 2.47. The van der Waals surface area contributed by atoms with Gasteiger partial charge in [-0.1, -0.05) is 0 Å². The largest absolute Gasteiger partial charge is 0.467 e. The van der Waals surface area contributed by atoms with E-state index in [2.05, 4.69) is 24.1 Å². The molecule has 0 radical (unpaired) electrons. The van der Waals surface area contributed by atoms with Crippen LogP contribution in [0.3, 0.4) is 0 Å². The maximum absolute atomic E-state index is 5.43. The highest BCUT2D eigenvalue weighted by Gasteiger charge is 2.28. The molecular weight excluding hydrogens is 264 g/mol. The number of nitrogens with zero attached hydrogens (tertiary/aromatic N) is 3. The molecule has 21 heavy (non-hydrogen) atoms. The summed E-state index contributed by atoms with van der Waals surface area (Å²) in [6.45, 7) is 5.73. The van der Waals surface area contributed by atoms with Gasteiger partial charge in [0.2, 0.25) is 0 Å². The lowest BCUT2D eigenvalue weighted by atomic mass is 10.2. The van der Waals surface area contributed by atoms with Crippen LogP contribution in [-0.4, -0.2) is 23.6 Å². The van der Waals surface area contributed by atoms with Gasteiger partial charge in [-0.3, -0.25) is 0 Å². The summed E-state index contributed by atoms with van der Waals surface area (Å²) in [7, 11) is 2.05. The van der Waals surface area contributed by atoms with Crippen molar-refractivity contribution in [2.24, 2.45) is 0 Å². The van der Waals surface area contributed by atoms with Crippen molar-refractivity contribution in [3.05, 3.63) is 35.5 Å². The van der Waals surface area contributed by atoms with Crippen LogP contribution >= 0.6 is 0 Å². The van der Waals surface area contributed by atoms with Gasteiger partial charge in [0, 0.05) is 25.1 Å². The molecule has 0 spiro atoms. The molecule has 0 atom stereocenters. The molecule has 1 aliphatic rings. The minimum Gasteiger partial charge on any atom is -0.467 e. The molecule has 1 aliphatic carbocycles. The third-order valence-corrected chi connectivity index (χ3v) is 3.76. The van der Waals surface area contributed by atoms with Crippen molar-refractivity contribution in [1.82, 2.24) is 9.97 Å². The van der Waals surface area contributed by atoms with E-state index in [1.165, 1.54) is 12.8 Å². The molecule has 0 aromatic carbocycles. The van der Waals surface area contributed by atoms with Gasteiger partial charge < -0.3 is 14.6 Å². The van der Waals surface area contributed by atoms with Crippen LogP contribution < -0.4 is 10.2 Å². The molecule has 3 rings (SSSR count). The molecule has 2 aromatic heterocycles. The predicted molar refractivity (Wildman–Crippen MR) is 83.7 cm³/mol. The fourth-order valence-electron chi connectivity index (χ4n) is 2.47. The van der Waals surface area contributed by atoms with Crippen molar-refractivity contribution in [1.29, 1.82) is 0 Å². The first kappa shape index (κ1) is 13.9. The Labute approximate surface area is 125 Å². The molecule has 0 saturated heterocycles. The number of furan rings is 1. The zero-order valence-corrected chi connectivity index (χ0v) is 12.9. The van der Waals surface area contributed by atoms with E-state index in [9.17, 15) is 0 Å². The third kappa shape index (κ3) is 3.01. The average molecular weight is 286 g/mol. The number of aromatic nitrogens is 2. The number of rotatable bonds is 6. The molecule has 1 N–H and O–H groups in total. The van der Waals surface area contributed by atoms with E-state index >= 15 is 0 Å². The van der Waals surface area contributed by atoms with Gasteiger partial charge in [0.1, 0.15) is 23.2 Å². The van der Waals surface area contributed by atoms with Crippen molar-refractivity contribution in [2.75, 3.05) is 23.8 Å². The first-order valence-corrected chi connectivity index (χ1v) is 7.55. The lowest BCUT2D eigenvalue weighted by molar-refractivity contribution is 0.506. The number of hydrogen-bond acceptors (Lipinski definition) is 5. The van der Waals surface area contributed by atoms with Crippen molar-refractivity contribution in [3.63, 3.8) is 0 Å². The van der Waals surface area contributed by atoms with Crippen molar-refractivity contribution >= 4 is 11.6 Å². The second-order valence-corrected chi connectivity index (χ2v) is 5.62.